The Hall–Kier alpha value is -1.88. The van der Waals surface area contributed by atoms with Crippen LogP contribution in [0.2, 0.25) is 0 Å². The first-order chi connectivity index (χ1) is 8.58. The summed E-state index contributed by atoms with van der Waals surface area (Å²) in [6.07, 6.45) is 2.56. The van der Waals surface area contributed by atoms with E-state index in [9.17, 15) is 13.2 Å². The number of pyridine rings is 1. The summed E-state index contributed by atoms with van der Waals surface area (Å²) < 4.78 is 39.6. The molecule has 5 heteroatoms. The second-order valence-corrected chi connectivity index (χ2v) is 3.94. The van der Waals surface area contributed by atoms with Gasteiger partial charge in [0.2, 0.25) is 0 Å². The van der Waals surface area contributed by atoms with Gasteiger partial charge in [-0.2, -0.15) is 0 Å². The predicted molar refractivity (Wildman–Crippen MR) is 61.2 cm³/mol. The maximum absolute atomic E-state index is 13.4. The van der Waals surface area contributed by atoms with Crippen molar-refractivity contribution in [2.24, 2.45) is 5.73 Å². The number of aromatic nitrogens is 1. The van der Waals surface area contributed by atoms with Gasteiger partial charge in [0.15, 0.2) is 0 Å². The summed E-state index contributed by atoms with van der Waals surface area (Å²) in [7, 11) is 0. The maximum Gasteiger partial charge on any atom is 0.146 e. The van der Waals surface area contributed by atoms with E-state index in [0.29, 0.717) is 0 Å². The first kappa shape index (κ1) is 12.6. The fourth-order valence-electron chi connectivity index (χ4n) is 1.72. The Balaban J connectivity index is 2.21. The fraction of sp³-hybridized carbons (Fsp3) is 0.154. The van der Waals surface area contributed by atoms with Crippen molar-refractivity contribution in [3.63, 3.8) is 0 Å². The molecule has 2 rings (SSSR count). The molecule has 0 radical (unpaired) electrons. The van der Waals surface area contributed by atoms with Gasteiger partial charge in [0.05, 0.1) is 6.20 Å². The van der Waals surface area contributed by atoms with E-state index < -0.39 is 23.5 Å². The van der Waals surface area contributed by atoms with E-state index in [1.54, 1.807) is 0 Å². The summed E-state index contributed by atoms with van der Waals surface area (Å²) >= 11 is 0. The lowest BCUT2D eigenvalue weighted by Gasteiger charge is -2.13. The molecule has 1 atom stereocenters. The van der Waals surface area contributed by atoms with E-state index in [1.165, 1.54) is 18.3 Å². The smallest absolute Gasteiger partial charge is 0.146 e. The van der Waals surface area contributed by atoms with Crippen molar-refractivity contribution in [2.75, 3.05) is 0 Å². The van der Waals surface area contributed by atoms with E-state index in [-0.39, 0.29) is 17.5 Å². The zero-order valence-electron chi connectivity index (χ0n) is 9.41. The quantitative estimate of drug-likeness (QED) is 0.912. The third kappa shape index (κ3) is 2.68. The summed E-state index contributed by atoms with van der Waals surface area (Å²) in [5, 5.41) is 0. The Bertz CT molecular complexity index is 558. The highest BCUT2D eigenvalue weighted by atomic mass is 19.1. The van der Waals surface area contributed by atoms with Crippen LogP contribution in [0.1, 0.15) is 17.2 Å². The number of benzene rings is 1. The Morgan fingerprint density at radius 3 is 2.56 bits per heavy atom. The van der Waals surface area contributed by atoms with Crippen molar-refractivity contribution in [1.29, 1.82) is 0 Å². The second kappa shape index (κ2) is 5.18. The number of rotatable bonds is 3. The first-order valence-electron chi connectivity index (χ1n) is 5.37. The minimum atomic E-state index is -0.701. The number of nitrogens with zero attached hydrogens (tertiary/aromatic N) is 1. The van der Waals surface area contributed by atoms with Crippen LogP contribution < -0.4 is 5.73 Å². The maximum atomic E-state index is 13.4. The molecule has 2 aromatic rings. The summed E-state index contributed by atoms with van der Waals surface area (Å²) in [6, 6.07) is 3.98. The molecule has 0 saturated heterocycles. The Kier molecular flexibility index (Phi) is 3.62. The molecule has 94 valence electrons. The molecule has 0 saturated carbocycles. The summed E-state index contributed by atoms with van der Waals surface area (Å²) in [5.74, 6) is -1.87. The van der Waals surface area contributed by atoms with Crippen LogP contribution in [0.4, 0.5) is 13.2 Å². The van der Waals surface area contributed by atoms with Crippen molar-refractivity contribution in [3.05, 3.63) is 65.2 Å². The number of halogens is 3. The topological polar surface area (TPSA) is 38.9 Å². The Morgan fingerprint density at radius 2 is 1.89 bits per heavy atom. The monoisotopic (exact) mass is 252 g/mol. The second-order valence-electron chi connectivity index (χ2n) is 3.94. The standard InChI is InChI=1S/C13H11F3N2/c14-9-2-1-8(11(15)6-9)5-13(17)10-3-4-18-7-12(10)16/h1-4,6-7,13H,5,17H2. The molecule has 0 aliphatic rings. The molecular formula is C13H11F3N2. The number of hydrogen-bond donors (Lipinski definition) is 1. The van der Waals surface area contributed by atoms with Gasteiger partial charge in [0, 0.05) is 23.9 Å². The molecule has 1 aromatic carbocycles. The van der Waals surface area contributed by atoms with Crippen LogP contribution in [0.15, 0.2) is 36.7 Å². The van der Waals surface area contributed by atoms with Crippen molar-refractivity contribution in [3.8, 4) is 0 Å². The summed E-state index contributed by atoms with van der Waals surface area (Å²) in [6.45, 7) is 0. The van der Waals surface area contributed by atoms with Gasteiger partial charge in [0.1, 0.15) is 17.5 Å². The van der Waals surface area contributed by atoms with E-state index in [0.717, 1.165) is 18.3 Å². The van der Waals surface area contributed by atoms with Crippen LogP contribution in [0.3, 0.4) is 0 Å². The summed E-state index contributed by atoms with van der Waals surface area (Å²) in [4.78, 5) is 3.61. The van der Waals surface area contributed by atoms with Gasteiger partial charge < -0.3 is 5.73 Å². The van der Waals surface area contributed by atoms with Crippen molar-refractivity contribution in [1.82, 2.24) is 4.98 Å². The molecule has 2 N–H and O–H groups in total. The largest absolute Gasteiger partial charge is 0.324 e. The lowest BCUT2D eigenvalue weighted by atomic mass is 10.00. The number of hydrogen-bond acceptors (Lipinski definition) is 2. The van der Waals surface area contributed by atoms with Crippen molar-refractivity contribution < 1.29 is 13.2 Å². The average molecular weight is 252 g/mol. The zero-order chi connectivity index (χ0) is 13.1. The molecule has 0 spiro atoms. The molecule has 1 heterocycles. The van der Waals surface area contributed by atoms with Crippen LogP contribution in [0.25, 0.3) is 0 Å². The summed E-state index contributed by atoms with van der Waals surface area (Å²) in [5.41, 5.74) is 6.31. The molecule has 18 heavy (non-hydrogen) atoms. The van der Waals surface area contributed by atoms with Crippen LogP contribution >= 0.6 is 0 Å². The van der Waals surface area contributed by atoms with Crippen LogP contribution in [-0.2, 0) is 6.42 Å². The van der Waals surface area contributed by atoms with E-state index in [2.05, 4.69) is 4.98 Å². The minimum Gasteiger partial charge on any atom is -0.324 e. The van der Waals surface area contributed by atoms with Crippen LogP contribution in [-0.4, -0.2) is 4.98 Å². The highest BCUT2D eigenvalue weighted by molar-refractivity contribution is 5.24. The molecule has 0 amide bonds. The Morgan fingerprint density at radius 1 is 1.11 bits per heavy atom. The lowest BCUT2D eigenvalue weighted by molar-refractivity contribution is 0.548. The van der Waals surface area contributed by atoms with E-state index in [1.807, 2.05) is 0 Å². The highest BCUT2D eigenvalue weighted by Crippen LogP contribution is 2.20. The van der Waals surface area contributed by atoms with Gasteiger partial charge in [-0.15, -0.1) is 0 Å². The van der Waals surface area contributed by atoms with Crippen molar-refractivity contribution >= 4 is 0 Å². The molecule has 0 fully saturated rings. The average Bonchev–Trinajstić information content (AvgIpc) is 2.33. The zero-order valence-corrected chi connectivity index (χ0v) is 9.41. The predicted octanol–water partition coefficient (Wildman–Crippen LogP) is 2.74. The third-order valence-electron chi connectivity index (χ3n) is 2.66. The first-order valence-corrected chi connectivity index (χ1v) is 5.37. The molecule has 2 nitrogen and oxygen atoms in total. The van der Waals surface area contributed by atoms with Gasteiger partial charge in [0.25, 0.3) is 0 Å². The van der Waals surface area contributed by atoms with Gasteiger partial charge in [-0.1, -0.05) is 6.07 Å². The molecule has 1 aromatic heterocycles. The van der Waals surface area contributed by atoms with E-state index in [4.69, 9.17) is 5.73 Å². The lowest BCUT2D eigenvalue weighted by Crippen LogP contribution is -2.16. The third-order valence-corrected chi connectivity index (χ3v) is 2.66. The highest BCUT2D eigenvalue weighted by Gasteiger charge is 2.14. The Labute approximate surface area is 102 Å². The van der Waals surface area contributed by atoms with Gasteiger partial charge >= 0.3 is 0 Å². The SMILES string of the molecule is NC(Cc1ccc(F)cc1F)c1ccncc1F. The van der Waals surface area contributed by atoms with Crippen LogP contribution in [0, 0.1) is 17.5 Å². The molecule has 0 aliphatic carbocycles. The molecule has 1 unspecified atom stereocenters. The fourth-order valence-corrected chi connectivity index (χ4v) is 1.72. The van der Waals surface area contributed by atoms with Gasteiger partial charge in [-0.05, 0) is 24.1 Å². The molecular weight excluding hydrogens is 241 g/mol. The number of nitrogens with two attached hydrogens (primary N) is 1. The molecule has 0 bridgehead atoms. The van der Waals surface area contributed by atoms with E-state index >= 15 is 0 Å². The van der Waals surface area contributed by atoms with Crippen LogP contribution in [0.5, 0.6) is 0 Å². The molecule has 0 aliphatic heterocycles. The normalized spacial score (nSPS) is 12.4. The minimum absolute atomic E-state index is 0.0903. The van der Waals surface area contributed by atoms with Gasteiger partial charge in [-0.25, -0.2) is 13.2 Å². The van der Waals surface area contributed by atoms with Gasteiger partial charge in [-0.3, -0.25) is 4.98 Å². The van der Waals surface area contributed by atoms with Crippen molar-refractivity contribution in [2.45, 2.75) is 12.5 Å².